The summed E-state index contributed by atoms with van der Waals surface area (Å²) < 4.78 is 41.4. The van der Waals surface area contributed by atoms with E-state index in [1.807, 2.05) is 6.92 Å². The Morgan fingerprint density at radius 3 is 2.52 bits per heavy atom. The Morgan fingerprint density at radius 1 is 1.33 bits per heavy atom. The van der Waals surface area contributed by atoms with Crippen LogP contribution in [-0.4, -0.2) is 45.5 Å². The van der Waals surface area contributed by atoms with E-state index in [1.165, 1.54) is 0 Å². The van der Waals surface area contributed by atoms with Crippen molar-refractivity contribution in [1.82, 2.24) is 0 Å². The Bertz CT molecular complexity index is 425. The highest BCUT2D eigenvalue weighted by Gasteiger charge is 2.38. The van der Waals surface area contributed by atoms with Gasteiger partial charge in [-0.25, -0.2) is 8.78 Å². The minimum Gasteiger partial charge on any atom is -0.629 e. The van der Waals surface area contributed by atoms with Crippen molar-refractivity contribution in [1.29, 1.82) is 0 Å². The molecule has 0 aliphatic carbocycles. The fraction of sp³-hybridized carbons (Fsp3) is 0.714. The molecular weight excluding hydrogens is 284 g/mol. The highest BCUT2D eigenvalue weighted by molar-refractivity contribution is 5.27. The Morgan fingerprint density at radius 2 is 1.95 bits per heavy atom. The number of quaternary nitrogens is 1. The van der Waals surface area contributed by atoms with Crippen molar-refractivity contribution in [2.24, 2.45) is 5.92 Å². The molecule has 0 amide bonds. The molecule has 7 heteroatoms. The van der Waals surface area contributed by atoms with Gasteiger partial charge in [0, 0.05) is 24.5 Å². The lowest BCUT2D eigenvalue weighted by molar-refractivity contribution is -0.800. The standard InChI is InChI=1S/C14H21F2NO4/c1-10-11(2)17(18)4-3-13(10)19-5-12-6-20-14(8-15,9-16)21-7-12/h3,12,17H,4-9H2,1-2H3. The second-order valence-corrected chi connectivity index (χ2v) is 5.42. The molecule has 1 fully saturated rings. The van der Waals surface area contributed by atoms with Gasteiger partial charge >= 0.3 is 0 Å². The van der Waals surface area contributed by atoms with Crippen molar-refractivity contribution in [2.75, 3.05) is 39.7 Å². The molecule has 2 rings (SSSR count). The molecule has 0 aromatic heterocycles. The molecule has 120 valence electrons. The summed E-state index contributed by atoms with van der Waals surface area (Å²) in [6.07, 6.45) is 1.75. The molecule has 2 aliphatic rings. The zero-order valence-corrected chi connectivity index (χ0v) is 12.3. The van der Waals surface area contributed by atoms with Gasteiger partial charge in [-0.2, -0.15) is 0 Å². The van der Waals surface area contributed by atoms with Crippen LogP contribution in [0.3, 0.4) is 0 Å². The van der Waals surface area contributed by atoms with Crippen molar-refractivity contribution in [2.45, 2.75) is 19.6 Å². The van der Waals surface area contributed by atoms with Gasteiger partial charge in [-0.15, -0.1) is 0 Å². The van der Waals surface area contributed by atoms with Gasteiger partial charge in [0.05, 0.1) is 19.8 Å². The molecule has 1 unspecified atom stereocenters. The maximum atomic E-state index is 12.7. The molecule has 0 aromatic rings. The lowest BCUT2D eigenvalue weighted by atomic mass is 10.1. The van der Waals surface area contributed by atoms with E-state index in [-0.39, 0.29) is 24.2 Å². The third-order valence-electron chi connectivity index (χ3n) is 3.87. The number of halogens is 2. The summed E-state index contributed by atoms with van der Waals surface area (Å²) in [5.41, 5.74) is 1.53. The van der Waals surface area contributed by atoms with E-state index in [9.17, 15) is 14.0 Å². The fourth-order valence-corrected chi connectivity index (χ4v) is 2.18. The minimum atomic E-state index is -1.74. The van der Waals surface area contributed by atoms with Crippen molar-refractivity contribution in [3.8, 4) is 0 Å². The topological polar surface area (TPSA) is 55.2 Å². The molecule has 21 heavy (non-hydrogen) atoms. The summed E-state index contributed by atoms with van der Waals surface area (Å²) in [5, 5.41) is 11.6. The monoisotopic (exact) mass is 305 g/mol. The van der Waals surface area contributed by atoms with E-state index in [2.05, 4.69) is 0 Å². The molecule has 0 radical (unpaired) electrons. The van der Waals surface area contributed by atoms with Gasteiger partial charge in [-0.05, 0) is 6.92 Å². The highest BCUT2D eigenvalue weighted by atomic mass is 19.1. The van der Waals surface area contributed by atoms with Gasteiger partial charge in [0.2, 0.25) is 5.79 Å². The smallest absolute Gasteiger partial charge is 0.226 e. The summed E-state index contributed by atoms with van der Waals surface area (Å²) in [4.78, 5) is 0. The van der Waals surface area contributed by atoms with Gasteiger partial charge < -0.3 is 24.5 Å². The van der Waals surface area contributed by atoms with Crippen LogP contribution in [-0.2, 0) is 14.2 Å². The van der Waals surface area contributed by atoms with Crippen molar-refractivity contribution in [3.63, 3.8) is 0 Å². The second kappa shape index (κ2) is 6.83. The lowest BCUT2D eigenvalue weighted by Gasteiger charge is -2.36. The largest absolute Gasteiger partial charge is 0.629 e. The van der Waals surface area contributed by atoms with Crippen LogP contribution in [0.1, 0.15) is 13.8 Å². The SMILES string of the molecule is CC1=C(C)[NH+]([O-])CC=C1OCC1COC(CF)(CF)OC1. The fourth-order valence-electron chi connectivity index (χ4n) is 2.18. The van der Waals surface area contributed by atoms with Crippen molar-refractivity contribution >= 4 is 0 Å². The second-order valence-electron chi connectivity index (χ2n) is 5.42. The van der Waals surface area contributed by atoms with E-state index in [1.54, 1.807) is 13.0 Å². The van der Waals surface area contributed by atoms with Crippen LogP contribution < -0.4 is 5.06 Å². The predicted molar refractivity (Wildman–Crippen MR) is 71.7 cm³/mol. The summed E-state index contributed by atoms with van der Waals surface area (Å²) in [6.45, 7) is 2.61. The number of alkyl halides is 2. The highest BCUT2D eigenvalue weighted by Crippen LogP contribution is 2.24. The number of allylic oxidation sites excluding steroid dienone is 2. The first-order valence-electron chi connectivity index (χ1n) is 6.95. The number of hydrogen-bond acceptors (Lipinski definition) is 4. The molecule has 0 bridgehead atoms. The average Bonchev–Trinajstić information content (AvgIpc) is 2.52. The average molecular weight is 305 g/mol. The number of hydroxylamine groups is 2. The van der Waals surface area contributed by atoms with Gasteiger partial charge in [-0.3, -0.25) is 0 Å². The first-order chi connectivity index (χ1) is 10.0. The Balaban J connectivity index is 1.83. The van der Waals surface area contributed by atoms with Gasteiger partial charge in [0.1, 0.15) is 31.4 Å². The van der Waals surface area contributed by atoms with E-state index >= 15 is 0 Å². The van der Waals surface area contributed by atoms with Crippen molar-refractivity contribution in [3.05, 3.63) is 28.3 Å². The predicted octanol–water partition coefficient (Wildman–Crippen LogP) is 0.875. The van der Waals surface area contributed by atoms with Crippen LogP contribution in [0.4, 0.5) is 8.78 Å². The molecular formula is C14H21F2NO4. The van der Waals surface area contributed by atoms with Crippen LogP contribution in [0.25, 0.3) is 0 Å². The van der Waals surface area contributed by atoms with Gasteiger partial charge in [-0.1, -0.05) is 0 Å². The number of hydrogen-bond donors (Lipinski definition) is 1. The Kier molecular flexibility index (Phi) is 5.32. The molecule has 1 N–H and O–H groups in total. The van der Waals surface area contributed by atoms with E-state index in [0.717, 1.165) is 5.57 Å². The summed E-state index contributed by atoms with van der Waals surface area (Å²) in [7, 11) is 0. The molecule has 5 nitrogen and oxygen atoms in total. The first kappa shape index (κ1) is 16.4. The van der Waals surface area contributed by atoms with Gasteiger partial charge in [0.25, 0.3) is 0 Å². The molecule has 2 aliphatic heterocycles. The normalized spacial score (nSPS) is 26.7. The Hall–Kier alpha value is -1.02. The third kappa shape index (κ3) is 3.60. The quantitative estimate of drug-likeness (QED) is 0.766. The van der Waals surface area contributed by atoms with Crippen LogP contribution in [0, 0.1) is 11.1 Å². The minimum absolute atomic E-state index is 0.0946. The van der Waals surface area contributed by atoms with Crippen LogP contribution in [0.5, 0.6) is 0 Å². The van der Waals surface area contributed by atoms with Crippen LogP contribution in [0.2, 0.25) is 0 Å². The lowest BCUT2D eigenvalue weighted by Crippen LogP contribution is -3.05. The van der Waals surface area contributed by atoms with E-state index in [4.69, 9.17) is 14.2 Å². The molecule has 0 spiro atoms. The number of nitrogens with one attached hydrogen (secondary N) is 1. The maximum absolute atomic E-state index is 12.7. The molecule has 1 atom stereocenters. The number of rotatable bonds is 5. The number of ether oxygens (including phenoxy) is 3. The van der Waals surface area contributed by atoms with E-state index < -0.39 is 19.1 Å². The zero-order chi connectivity index (χ0) is 15.5. The van der Waals surface area contributed by atoms with Crippen molar-refractivity contribution < 1.29 is 28.1 Å². The van der Waals surface area contributed by atoms with Crippen LogP contribution >= 0.6 is 0 Å². The first-order valence-corrected chi connectivity index (χ1v) is 6.95. The summed E-state index contributed by atoms with van der Waals surface area (Å²) in [5.74, 6) is -1.15. The van der Waals surface area contributed by atoms with Gasteiger partial charge in [0.15, 0.2) is 0 Å². The summed E-state index contributed by atoms with van der Waals surface area (Å²) >= 11 is 0. The van der Waals surface area contributed by atoms with Crippen LogP contribution in [0.15, 0.2) is 23.1 Å². The molecule has 1 saturated heterocycles. The molecule has 0 aromatic carbocycles. The zero-order valence-electron chi connectivity index (χ0n) is 12.3. The van der Waals surface area contributed by atoms with E-state index in [0.29, 0.717) is 24.6 Å². The summed E-state index contributed by atoms with van der Waals surface area (Å²) in [6, 6.07) is 0. The molecule has 0 saturated carbocycles. The maximum Gasteiger partial charge on any atom is 0.226 e. The molecule has 2 heterocycles. The third-order valence-corrected chi connectivity index (χ3v) is 3.87. The Labute approximate surface area is 122 Å².